The van der Waals surface area contributed by atoms with Gasteiger partial charge in [-0.15, -0.1) is 5.10 Å². The van der Waals surface area contributed by atoms with E-state index in [-0.39, 0.29) is 5.91 Å². The summed E-state index contributed by atoms with van der Waals surface area (Å²) in [6.45, 7) is 6.81. The number of hydrogen-bond acceptors (Lipinski definition) is 8. The number of fused-ring (bicyclic) bond motifs is 1. The Hall–Kier alpha value is -1.46. The van der Waals surface area contributed by atoms with Crippen molar-refractivity contribution >= 4 is 60.1 Å². The maximum Gasteiger partial charge on any atom is 0.273 e. The molecule has 0 spiro atoms. The maximum absolute atomic E-state index is 13.2. The van der Waals surface area contributed by atoms with Crippen LogP contribution in [0.3, 0.4) is 0 Å². The zero-order valence-corrected chi connectivity index (χ0v) is 18.6. The number of amides is 1. The van der Waals surface area contributed by atoms with Crippen molar-refractivity contribution in [1.82, 2.24) is 19.5 Å². The molecule has 4 rings (SSSR count). The van der Waals surface area contributed by atoms with E-state index in [1.54, 1.807) is 4.90 Å². The van der Waals surface area contributed by atoms with Gasteiger partial charge in [0.2, 0.25) is 0 Å². The van der Waals surface area contributed by atoms with Crippen LogP contribution in [0, 0.1) is 6.92 Å². The van der Waals surface area contributed by atoms with Crippen molar-refractivity contribution in [3.63, 3.8) is 0 Å². The highest BCUT2D eigenvalue weighted by Gasteiger charge is 2.25. The van der Waals surface area contributed by atoms with Gasteiger partial charge in [0.15, 0.2) is 5.13 Å². The lowest BCUT2D eigenvalue weighted by Gasteiger charge is -2.27. The smallest absolute Gasteiger partial charge is 0.273 e. The number of anilines is 1. The Kier molecular flexibility index (Phi) is 6.32. The first-order valence-corrected chi connectivity index (χ1v) is 11.5. The molecule has 28 heavy (non-hydrogen) atoms. The Morgan fingerprint density at radius 2 is 2.18 bits per heavy atom. The molecule has 1 aromatic carbocycles. The monoisotopic (exact) mass is 481 g/mol. The van der Waals surface area contributed by atoms with Gasteiger partial charge in [0.05, 0.1) is 29.1 Å². The summed E-state index contributed by atoms with van der Waals surface area (Å²) < 4.78 is 11.4. The van der Waals surface area contributed by atoms with E-state index in [0.29, 0.717) is 22.2 Å². The van der Waals surface area contributed by atoms with E-state index in [2.05, 4.69) is 30.4 Å². The number of aromatic nitrogens is 3. The van der Waals surface area contributed by atoms with Crippen LogP contribution in [0.4, 0.5) is 5.13 Å². The molecule has 0 unspecified atom stereocenters. The quantitative estimate of drug-likeness (QED) is 0.535. The Bertz CT molecular complexity index is 970. The molecule has 1 aliphatic rings. The fourth-order valence-electron chi connectivity index (χ4n) is 3.11. The standard InChI is InChI=1S/C18H20BrN5O2S2/c1-12-16(28-22-21-12)17(25)24(6-2-5-23-7-9-26-10-8-23)18-20-14-4-3-13(19)11-15(14)27-18/h3-4,11H,2,5-10H2,1H3. The first kappa shape index (κ1) is 19.8. The predicted molar refractivity (Wildman–Crippen MR) is 116 cm³/mol. The number of hydrogen-bond donors (Lipinski definition) is 0. The number of morpholine rings is 1. The van der Waals surface area contributed by atoms with E-state index in [9.17, 15) is 4.79 Å². The summed E-state index contributed by atoms with van der Waals surface area (Å²) in [5.74, 6) is -0.0763. The largest absolute Gasteiger partial charge is 0.379 e. The topological polar surface area (TPSA) is 71.5 Å². The van der Waals surface area contributed by atoms with Crippen molar-refractivity contribution in [3.8, 4) is 0 Å². The third-order valence-electron chi connectivity index (χ3n) is 4.62. The maximum atomic E-state index is 13.2. The SMILES string of the molecule is Cc1nnsc1C(=O)N(CCCN1CCOCC1)c1nc2ccc(Br)cc2s1. The minimum absolute atomic E-state index is 0.0763. The van der Waals surface area contributed by atoms with Gasteiger partial charge in [0.1, 0.15) is 4.88 Å². The second-order valence-electron chi connectivity index (χ2n) is 6.56. The lowest BCUT2D eigenvalue weighted by molar-refractivity contribution is 0.0376. The average Bonchev–Trinajstić information content (AvgIpc) is 3.31. The van der Waals surface area contributed by atoms with Crippen LogP contribution in [0.1, 0.15) is 21.8 Å². The highest BCUT2D eigenvalue weighted by Crippen LogP contribution is 2.32. The van der Waals surface area contributed by atoms with Gasteiger partial charge in [0, 0.05) is 30.7 Å². The molecular formula is C18H20BrN5O2S2. The van der Waals surface area contributed by atoms with Crippen LogP contribution in [-0.4, -0.2) is 64.8 Å². The Morgan fingerprint density at radius 1 is 1.36 bits per heavy atom. The fraction of sp³-hybridized carbons (Fsp3) is 0.444. The molecule has 0 saturated carbocycles. The highest BCUT2D eigenvalue weighted by molar-refractivity contribution is 9.10. The molecule has 0 bridgehead atoms. The third kappa shape index (κ3) is 4.41. The highest BCUT2D eigenvalue weighted by atomic mass is 79.9. The molecule has 148 valence electrons. The molecule has 0 N–H and O–H groups in total. The van der Waals surface area contributed by atoms with Gasteiger partial charge < -0.3 is 4.74 Å². The van der Waals surface area contributed by atoms with Crippen LogP contribution in [0.5, 0.6) is 0 Å². The Balaban J connectivity index is 1.56. The van der Waals surface area contributed by atoms with E-state index >= 15 is 0 Å². The minimum atomic E-state index is -0.0763. The summed E-state index contributed by atoms with van der Waals surface area (Å²) in [6, 6.07) is 5.97. The summed E-state index contributed by atoms with van der Waals surface area (Å²) in [6.07, 6.45) is 0.872. The number of thiazole rings is 1. The number of rotatable bonds is 6. The third-order valence-corrected chi connectivity index (χ3v) is 6.97. The van der Waals surface area contributed by atoms with Crippen molar-refractivity contribution in [3.05, 3.63) is 33.2 Å². The number of aryl methyl sites for hydroxylation is 1. The molecule has 0 atom stereocenters. The van der Waals surface area contributed by atoms with Gasteiger partial charge in [0.25, 0.3) is 5.91 Å². The number of halogens is 1. The van der Waals surface area contributed by atoms with E-state index in [1.165, 1.54) is 11.3 Å². The lowest BCUT2D eigenvalue weighted by atomic mass is 10.3. The van der Waals surface area contributed by atoms with Gasteiger partial charge >= 0.3 is 0 Å². The van der Waals surface area contributed by atoms with Crippen LogP contribution < -0.4 is 4.90 Å². The molecule has 0 radical (unpaired) electrons. The number of benzene rings is 1. The second-order valence-corrected chi connectivity index (χ2v) is 9.24. The van der Waals surface area contributed by atoms with Crippen molar-refractivity contribution in [2.75, 3.05) is 44.3 Å². The second kappa shape index (κ2) is 8.91. The van der Waals surface area contributed by atoms with Gasteiger partial charge in [-0.3, -0.25) is 14.6 Å². The van der Waals surface area contributed by atoms with Crippen LogP contribution in [0.15, 0.2) is 22.7 Å². The van der Waals surface area contributed by atoms with Crippen molar-refractivity contribution < 1.29 is 9.53 Å². The van der Waals surface area contributed by atoms with Gasteiger partial charge in [-0.05, 0) is 43.1 Å². The Labute approximate surface area is 179 Å². The normalized spacial score (nSPS) is 15.2. The van der Waals surface area contributed by atoms with E-state index in [0.717, 1.165) is 65.5 Å². The number of ether oxygens (including phenoxy) is 1. The molecule has 10 heteroatoms. The molecule has 1 saturated heterocycles. The number of carbonyl (C=O) groups excluding carboxylic acids is 1. The fourth-order valence-corrected chi connectivity index (χ4v) is 5.26. The zero-order valence-electron chi connectivity index (χ0n) is 15.4. The zero-order chi connectivity index (χ0) is 19.5. The van der Waals surface area contributed by atoms with Gasteiger partial charge in [-0.1, -0.05) is 31.8 Å². The molecule has 1 aliphatic heterocycles. The minimum Gasteiger partial charge on any atom is -0.379 e. The van der Waals surface area contributed by atoms with Crippen molar-refractivity contribution in [2.24, 2.45) is 0 Å². The molecule has 3 aromatic rings. The first-order chi connectivity index (χ1) is 13.6. The van der Waals surface area contributed by atoms with Gasteiger partial charge in [-0.25, -0.2) is 4.98 Å². The molecule has 7 nitrogen and oxygen atoms in total. The lowest BCUT2D eigenvalue weighted by Crippen LogP contribution is -2.39. The van der Waals surface area contributed by atoms with Crippen LogP contribution in [0.2, 0.25) is 0 Å². The number of carbonyl (C=O) groups is 1. The summed E-state index contributed by atoms with van der Waals surface area (Å²) >= 11 is 6.18. The molecular weight excluding hydrogens is 462 g/mol. The summed E-state index contributed by atoms with van der Waals surface area (Å²) in [5, 5.41) is 4.71. The molecule has 1 amide bonds. The molecule has 0 aliphatic carbocycles. The van der Waals surface area contributed by atoms with Crippen LogP contribution >= 0.6 is 38.8 Å². The average molecular weight is 482 g/mol. The molecule has 2 aromatic heterocycles. The van der Waals surface area contributed by atoms with Crippen molar-refractivity contribution in [2.45, 2.75) is 13.3 Å². The van der Waals surface area contributed by atoms with Crippen LogP contribution in [0.25, 0.3) is 10.2 Å². The van der Waals surface area contributed by atoms with Gasteiger partial charge in [-0.2, -0.15) is 0 Å². The van der Waals surface area contributed by atoms with E-state index < -0.39 is 0 Å². The predicted octanol–water partition coefficient (Wildman–Crippen LogP) is 3.59. The summed E-state index contributed by atoms with van der Waals surface area (Å²) in [4.78, 5) is 22.7. The van der Waals surface area contributed by atoms with Crippen molar-refractivity contribution in [1.29, 1.82) is 0 Å². The van der Waals surface area contributed by atoms with E-state index in [4.69, 9.17) is 9.72 Å². The molecule has 1 fully saturated rings. The Morgan fingerprint density at radius 3 is 2.93 bits per heavy atom. The number of nitrogens with zero attached hydrogens (tertiary/aromatic N) is 5. The van der Waals surface area contributed by atoms with E-state index in [1.807, 2.05) is 25.1 Å². The summed E-state index contributed by atoms with van der Waals surface area (Å²) in [7, 11) is 0. The van der Waals surface area contributed by atoms with Crippen LogP contribution in [-0.2, 0) is 4.74 Å². The first-order valence-electron chi connectivity index (χ1n) is 9.09. The summed E-state index contributed by atoms with van der Waals surface area (Å²) in [5.41, 5.74) is 1.56. The molecule has 3 heterocycles.